The van der Waals surface area contributed by atoms with Gasteiger partial charge in [-0.05, 0) is 86.1 Å². The zero-order chi connectivity index (χ0) is 72.1. The summed E-state index contributed by atoms with van der Waals surface area (Å²) < 4.78 is 80.6. The highest BCUT2D eigenvalue weighted by Crippen LogP contribution is 2.30. The van der Waals surface area contributed by atoms with Gasteiger partial charge in [0, 0.05) is 53.0 Å². The van der Waals surface area contributed by atoms with Gasteiger partial charge < -0.3 is 72.3 Å². The van der Waals surface area contributed by atoms with Crippen molar-refractivity contribution in [3.63, 3.8) is 0 Å². The highest BCUT2D eigenvalue weighted by atomic mass is 19.4. The normalized spacial score (nSPS) is 16.4. The first-order valence-electron chi connectivity index (χ1n) is 30.8. The number of nitrogens with two attached hydrogens (primary N) is 2. The Bertz CT molecular complexity index is 2720. The Morgan fingerprint density at radius 1 is 0.713 bits per heavy atom. The number of carboxylic acids is 2. The molecule has 0 aliphatic carbocycles. The Morgan fingerprint density at radius 3 is 1.73 bits per heavy atom. The molecule has 31 heteroatoms. The molecule has 0 spiro atoms. The van der Waals surface area contributed by atoms with Crippen molar-refractivity contribution >= 4 is 65.1 Å². The molecule has 532 valence electrons. The number of urea groups is 1. The van der Waals surface area contributed by atoms with Gasteiger partial charge in [0.05, 0.1) is 55.8 Å². The van der Waals surface area contributed by atoms with Crippen LogP contribution in [0.5, 0.6) is 0 Å². The lowest BCUT2D eigenvalue weighted by atomic mass is 9.89. The third-order valence-electron chi connectivity index (χ3n) is 16.0. The van der Waals surface area contributed by atoms with Crippen molar-refractivity contribution in [1.82, 2.24) is 36.0 Å². The highest BCUT2D eigenvalue weighted by Gasteiger charge is 2.44. The van der Waals surface area contributed by atoms with Crippen molar-refractivity contribution in [2.45, 2.75) is 181 Å². The quantitative estimate of drug-likeness (QED) is 0.0250. The number of esters is 1. The van der Waals surface area contributed by atoms with Gasteiger partial charge in [-0.2, -0.15) is 26.3 Å². The van der Waals surface area contributed by atoms with Crippen LogP contribution in [0, 0.1) is 29.6 Å². The highest BCUT2D eigenvalue weighted by molar-refractivity contribution is 5.98. The van der Waals surface area contributed by atoms with Crippen LogP contribution in [0.3, 0.4) is 0 Å². The van der Waals surface area contributed by atoms with Gasteiger partial charge in [-0.1, -0.05) is 111 Å². The molecule has 2 aromatic carbocycles. The van der Waals surface area contributed by atoms with Crippen molar-refractivity contribution in [2.75, 3.05) is 60.4 Å². The number of rotatable bonds is 33. The molecule has 1 heterocycles. The maximum absolute atomic E-state index is 14.8. The number of aliphatic carboxylic acids is 2. The van der Waals surface area contributed by atoms with Crippen LogP contribution in [0.25, 0.3) is 0 Å². The molecule has 0 aromatic heterocycles. The first kappa shape index (κ1) is 84.4. The van der Waals surface area contributed by atoms with Crippen LogP contribution in [-0.4, -0.2) is 206 Å². The molecule has 1 aliphatic heterocycles. The van der Waals surface area contributed by atoms with E-state index in [4.69, 9.17) is 45.5 Å². The van der Waals surface area contributed by atoms with E-state index in [0.717, 1.165) is 11.1 Å². The summed E-state index contributed by atoms with van der Waals surface area (Å²) >= 11 is 0. The molecule has 1 fully saturated rings. The Kier molecular flexibility index (Phi) is 36.4. The maximum atomic E-state index is 14.8. The van der Waals surface area contributed by atoms with Gasteiger partial charge in [-0.15, -0.1) is 0 Å². The summed E-state index contributed by atoms with van der Waals surface area (Å²) in [6.07, 6.45) is -8.27. The lowest BCUT2D eigenvalue weighted by molar-refractivity contribution is -0.193. The van der Waals surface area contributed by atoms with Gasteiger partial charge in [-0.25, -0.2) is 19.2 Å². The van der Waals surface area contributed by atoms with Crippen LogP contribution in [0.2, 0.25) is 0 Å². The number of primary amides is 1. The fourth-order valence-corrected chi connectivity index (χ4v) is 10.6. The Balaban J connectivity index is 0.00000282. The molecule has 2 aromatic rings. The summed E-state index contributed by atoms with van der Waals surface area (Å²) in [5.41, 5.74) is 13.6. The van der Waals surface area contributed by atoms with Gasteiger partial charge in [0.25, 0.3) is 0 Å². The number of carbonyl (C=O) groups excluding carboxylic acids is 8. The van der Waals surface area contributed by atoms with Crippen LogP contribution in [0.1, 0.15) is 112 Å². The van der Waals surface area contributed by atoms with Crippen molar-refractivity contribution in [3.05, 3.63) is 65.7 Å². The van der Waals surface area contributed by atoms with E-state index in [9.17, 15) is 64.7 Å². The SMILES string of the molecule is CC[C@H](C)[C@@H]([C@@H](CC(=O)N1CCC[C@H]1[C@H](OC)[C@@H](C)C(=O)N[C@@H](Cc1ccccc1)C(=O)OC)OC)N(C)C(=O)[C@@H](NC(=O)[C@H](C(C)C)N(C)CCc1ccc(NC(=O)[C@H](CCCNC(N)=O)NC(=O)[C@@H](N)C(C)C)cc1)C(C)C.O=C(O)C(F)(F)F.O=C(O)C(F)(F)F. The summed E-state index contributed by atoms with van der Waals surface area (Å²) in [5, 5.41) is 28.3. The topological polar surface area (TPSA) is 361 Å². The molecule has 94 heavy (non-hydrogen) atoms. The number of hydrogen-bond donors (Lipinski definition) is 9. The van der Waals surface area contributed by atoms with E-state index in [1.54, 1.807) is 35.9 Å². The van der Waals surface area contributed by atoms with Crippen molar-refractivity contribution in [3.8, 4) is 0 Å². The van der Waals surface area contributed by atoms with E-state index in [2.05, 4.69) is 26.6 Å². The molecule has 3 rings (SSSR count). The number of benzene rings is 2. The summed E-state index contributed by atoms with van der Waals surface area (Å²) in [4.78, 5) is 131. The number of alkyl halides is 6. The first-order valence-corrected chi connectivity index (χ1v) is 30.8. The molecule has 11 atom stereocenters. The number of ether oxygens (including phenoxy) is 3. The smallest absolute Gasteiger partial charge is 0.475 e. The number of likely N-dealkylation sites (tertiary alicyclic amines) is 1. The fraction of sp³-hybridized carbons (Fsp3) is 0.651. The molecule has 0 saturated carbocycles. The van der Waals surface area contributed by atoms with Crippen LogP contribution in [0.15, 0.2) is 54.6 Å². The molecule has 1 aliphatic rings. The molecule has 1 saturated heterocycles. The second-order valence-corrected chi connectivity index (χ2v) is 24.1. The zero-order valence-electron chi connectivity index (χ0n) is 56.0. The maximum Gasteiger partial charge on any atom is 0.490 e. The number of nitrogens with zero attached hydrogens (tertiary/aromatic N) is 3. The molecular formula is C63H98F6N10O15. The number of likely N-dealkylation sites (N-methyl/N-ethyl adjacent to an activating group) is 2. The average molecular weight is 1350 g/mol. The van der Waals surface area contributed by atoms with E-state index in [1.165, 1.54) is 21.3 Å². The van der Waals surface area contributed by atoms with Crippen LogP contribution in [0.4, 0.5) is 36.8 Å². The van der Waals surface area contributed by atoms with Gasteiger partial charge in [0.2, 0.25) is 35.4 Å². The van der Waals surface area contributed by atoms with Gasteiger partial charge in [-0.3, -0.25) is 33.7 Å². The van der Waals surface area contributed by atoms with Crippen LogP contribution >= 0.6 is 0 Å². The van der Waals surface area contributed by atoms with Gasteiger partial charge in [0.15, 0.2) is 0 Å². The largest absolute Gasteiger partial charge is 0.490 e. The third-order valence-corrected chi connectivity index (χ3v) is 16.0. The number of hydrogen-bond acceptors (Lipinski definition) is 15. The van der Waals surface area contributed by atoms with E-state index < -0.39 is 114 Å². The van der Waals surface area contributed by atoms with Crippen molar-refractivity contribution < 1.29 is 98.7 Å². The molecule has 11 N–H and O–H groups in total. The molecule has 0 unspecified atom stereocenters. The van der Waals surface area contributed by atoms with Crippen molar-refractivity contribution in [1.29, 1.82) is 0 Å². The van der Waals surface area contributed by atoms with Crippen molar-refractivity contribution in [2.24, 2.45) is 41.1 Å². The molecule has 8 amide bonds. The fourth-order valence-electron chi connectivity index (χ4n) is 10.6. The number of amides is 8. The average Bonchev–Trinajstić information content (AvgIpc) is 1.35. The molecular weight excluding hydrogens is 1250 g/mol. The molecule has 25 nitrogen and oxygen atoms in total. The Labute approximate surface area is 545 Å². The van der Waals surface area contributed by atoms with E-state index in [-0.39, 0.29) is 67.2 Å². The minimum absolute atomic E-state index is 0.0540. The summed E-state index contributed by atoms with van der Waals surface area (Å²) in [7, 11) is 7.90. The van der Waals surface area contributed by atoms with Crippen LogP contribution in [-0.2, 0) is 70.2 Å². The lowest BCUT2D eigenvalue weighted by Crippen LogP contribution is -2.60. The number of carbonyl (C=O) groups is 10. The standard InChI is InChI=1S/C59H96N10O11.2C2HF3O2/c1-15-38(8)51(46(78-12)34-47(70)69-31-20-24-45(69)52(79-13)39(9)53(71)65-44(58(76)80-14)33-41-21-17-16-18-22-41)68(11)57(75)49(36(4)5)66-56(74)50(37(6)7)67(10)32-29-40-25-27-42(28-26-40)63-54(72)43(23-19-30-62-59(61)77)64-55(73)48(60)35(2)3;2*3-2(4,5)1(6)7/h16-18,21-22,25-28,35-39,43-46,48-52H,15,19-20,23-24,29-34,60H2,1-14H3,(H,63,72)(H,64,73)(H,65,71)(H,66,74)(H3,61,62,77);2*(H,6,7)/t38-,39+,43-,44-,45-,46+,48-,49-,50-,51-,52+;;/m0../s1. The van der Waals surface area contributed by atoms with E-state index in [1.807, 2.05) is 110 Å². The number of carboxylic acid groups (broad SMARTS) is 2. The summed E-state index contributed by atoms with van der Waals surface area (Å²) in [6.45, 7) is 18.2. The number of halogens is 6. The first-order chi connectivity index (χ1) is 43.7. The van der Waals surface area contributed by atoms with E-state index >= 15 is 0 Å². The Hall–Kier alpha value is -7.64. The summed E-state index contributed by atoms with van der Waals surface area (Å²) in [5.74, 6) is -9.65. The number of methoxy groups -OCH3 is 3. The van der Waals surface area contributed by atoms with Crippen LogP contribution < -0.4 is 38.1 Å². The van der Waals surface area contributed by atoms with Gasteiger partial charge in [0.1, 0.15) is 18.1 Å². The van der Waals surface area contributed by atoms with Gasteiger partial charge >= 0.3 is 36.3 Å². The zero-order valence-corrected chi connectivity index (χ0v) is 56.0. The predicted molar refractivity (Wildman–Crippen MR) is 336 cm³/mol. The third kappa shape index (κ3) is 28.1. The predicted octanol–water partition coefficient (Wildman–Crippen LogP) is 5.27. The Morgan fingerprint density at radius 2 is 1.27 bits per heavy atom. The molecule has 0 bridgehead atoms. The number of nitrogens with one attached hydrogen (secondary N) is 5. The second-order valence-electron chi connectivity index (χ2n) is 24.1. The molecule has 0 radical (unpaired) electrons. The summed E-state index contributed by atoms with van der Waals surface area (Å²) in [6, 6.07) is 10.8. The minimum Gasteiger partial charge on any atom is -0.475 e. The second kappa shape index (κ2) is 40.6. The minimum atomic E-state index is -5.08. The lowest BCUT2D eigenvalue weighted by Gasteiger charge is -2.41. The monoisotopic (exact) mass is 1350 g/mol. The number of anilines is 1. The van der Waals surface area contributed by atoms with E-state index in [0.29, 0.717) is 50.9 Å².